The molecule has 0 bridgehead atoms. The van der Waals surface area contributed by atoms with Crippen LogP contribution < -0.4 is 5.32 Å². The molecule has 0 radical (unpaired) electrons. The maximum Gasteiger partial charge on any atom is 0.305 e. The van der Waals surface area contributed by atoms with E-state index < -0.39 is 12.1 Å². The molecule has 0 aromatic carbocycles. The Morgan fingerprint density at radius 3 is 0.899 bits per heavy atom. The Kier molecular flexibility index (Phi) is 66.9. The van der Waals surface area contributed by atoms with E-state index in [0.717, 1.165) is 44.9 Å². The molecule has 0 aliphatic rings. The predicted octanol–water partition coefficient (Wildman–Crippen LogP) is 23.1. The number of nitrogens with one attached hydrogen (secondary N) is 1. The van der Waals surface area contributed by atoms with Crippen molar-refractivity contribution in [1.82, 2.24) is 5.32 Å². The van der Waals surface area contributed by atoms with Gasteiger partial charge in [0, 0.05) is 12.8 Å². The van der Waals surface area contributed by atoms with Crippen molar-refractivity contribution in [2.75, 3.05) is 13.2 Å². The van der Waals surface area contributed by atoms with Crippen molar-refractivity contribution in [3.63, 3.8) is 0 Å². The molecular weight excluding hydrogens is 971 g/mol. The number of hydrogen-bond acceptors (Lipinski definition) is 5. The first-order valence-electron chi connectivity index (χ1n) is 35.8. The fraction of sp³-hybridized carbons (Fsp3) is 0.890. The zero-order chi connectivity index (χ0) is 57.1. The zero-order valence-electron chi connectivity index (χ0n) is 53.4. The lowest BCUT2D eigenvalue weighted by Crippen LogP contribution is -2.45. The summed E-state index contributed by atoms with van der Waals surface area (Å²) in [5.41, 5.74) is 0. The number of hydrogen-bond donors (Lipinski definition) is 3. The summed E-state index contributed by atoms with van der Waals surface area (Å²) < 4.78 is 5.49. The van der Waals surface area contributed by atoms with Crippen LogP contribution in [-0.4, -0.2) is 47.4 Å². The molecule has 0 aromatic rings. The van der Waals surface area contributed by atoms with Crippen LogP contribution in [0, 0.1) is 0 Å². The summed E-state index contributed by atoms with van der Waals surface area (Å²) in [6.07, 6.45) is 87.9. The number of unbranched alkanes of at least 4 members (excludes halogenated alkanes) is 52. The third-order valence-corrected chi connectivity index (χ3v) is 16.6. The fourth-order valence-corrected chi connectivity index (χ4v) is 11.2. The van der Waals surface area contributed by atoms with E-state index in [0.29, 0.717) is 19.4 Å². The van der Waals surface area contributed by atoms with Gasteiger partial charge in [0.25, 0.3) is 0 Å². The zero-order valence-corrected chi connectivity index (χ0v) is 53.4. The highest BCUT2D eigenvalue weighted by molar-refractivity contribution is 5.76. The van der Waals surface area contributed by atoms with Gasteiger partial charge in [-0.25, -0.2) is 0 Å². The molecule has 2 atom stereocenters. The second-order valence-electron chi connectivity index (χ2n) is 24.6. The van der Waals surface area contributed by atoms with E-state index in [9.17, 15) is 19.8 Å². The summed E-state index contributed by atoms with van der Waals surface area (Å²) in [4.78, 5) is 24.6. The summed E-state index contributed by atoms with van der Waals surface area (Å²) in [5.74, 6) is -0.0641. The van der Waals surface area contributed by atoms with Crippen LogP contribution in [0.1, 0.15) is 393 Å². The monoisotopic (exact) mass is 1110 g/mol. The van der Waals surface area contributed by atoms with Gasteiger partial charge < -0.3 is 20.3 Å². The van der Waals surface area contributed by atoms with Crippen molar-refractivity contribution in [2.45, 2.75) is 405 Å². The van der Waals surface area contributed by atoms with Gasteiger partial charge in [0.2, 0.25) is 5.91 Å². The van der Waals surface area contributed by atoms with Gasteiger partial charge in [-0.3, -0.25) is 9.59 Å². The molecule has 0 rings (SSSR count). The van der Waals surface area contributed by atoms with Gasteiger partial charge in [0.15, 0.2) is 0 Å². The van der Waals surface area contributed by atoms with Crippen LogP contribution in [0.2, 0.25) is 0 Å². The number of esters is 1. The predicted molar refractivity (Wildman–Crippen MR) is 347 cm³/mol. The van der Waals surface area contributed by atoms with Crippen molar-refractivity contribution in [3.05, 3.63) is 36.5 Å². The third kappa shape index (κ3) is 65.1. The van der Waals surface area contributed by atoms with Crippen LogP contribution in [0.15, 0.2) is 36.5 Å². The fourth-order valence-electron chi connectivity index (χ4n) is 11.2. The summed E-state index contributed by atoms with van der Waals surface area (Å²) in [5, 5.41) is 23.3. The number of aliphatic hydroxyl groups excluding tert-OH is 2. The minimum absolute atomic E-state index is 0.00468. The van der Waals surface area contributed by atoms with Gasteiger partial charge in [0.1, 0.15) is 0 Å². The van der Waals surface area contributed by atoms with Crippen LogP contribution >= 0.6 is 0 Å². The maximum absolute atomic E-state index is 12.5. The van der Waals surface area contributed by atoms with Gasteiger partial charge in [-0.15, -0.1) is 0 Å². The normalized spacial score (nSPS) is 12.7. The molecule has 6 heteroatoms. The van der Waals surface area contributed by atoms with E-state index in [-0.39, 0.29) is 18.5 Å². The van der Waals surface area contributed by atoms with E-state index in [1.54, 1.807) is 6.08 Å². The first-order valence-corrected chi connectivity index (χ1v) is 35.8. The molecule has 2 unspecified atom stereocenters. The van der Waals surface area contributed by atoms with Crippen LogP contribution in [0.5, 0.6) is 0 Å². The second-order valence-corrected chi connectivity index (χ2v) is 24.6. The maximum atomic E-state index is 12.5. The molecular formula is C73H139NO5. The summed E-state index contributed by atoms with van der Waals surface area (Å²) in [6, 6.07) is -0.633. The van der Waals surface area contributed by atoms with Crippen molar-refractivity contribution < 1.29 is 24.5 Å². The molecule has 6 nitrogen and oxygen atoms in total. The van der Waals surface area contributed by atoms with E-state index >= 15 is 0 Å². The first kappa shape index (κ1) is 77.1. The molecule has 466 valence electrons. The van der Waals surface area contributed by atoms with Gasteiger partial charge >= 0.3 is 5.97 Å². The quantitative estimate of drug-likeness (QED) is 0.0320. The van der Waals surface area contributed by atoms with Gasteiger partial charge in [0.05, 0.1) is 25.4 Å². The highest BCUT2D eigenvalue weighted by Crippen LogP contribution is 2.18. The molecule has 0 saturated carbocycles. The van der Waals surface area contributed by atoms with E-state index in [1.807, 2.05) is 6.08 Å². The van der Waals surface area contributed by atoms with Crippen LogP contribution in [0.3, 0.4) is 0 Å². The molecule has 79 heavy (non-hydrogen) atoms. The van der Waals surface area contributed by atoms with Gasteiger partial charge in [-0.2, -0.15) is 0 Å². The Balaban J connectivity index is 3.43. The van der Waals surface area contributed by atoms with Crippen LogP contribution in [-0.2, 0) is 14.3 Å². The lowest BCUT2D eigenvalue weighted by Gasteiger charge is -2.20. The molecule has 3 N–H and O–H groups in total. The number of rotatable bonds is 67. The minimum Gasteiger partial charge on any atom is -0.466 e. The Hall–Kier alpha value is -1.92. The molecule has 0 fully saturated rings. The van der Waals surface area contributed by atoms with Crippen LogP contribution in [0.4, 0.5) is 0 Å². The number of aliphatic hydroxyl groups is 2. The smallest absolute Gasteiger partial charge is 0.305 e. The Bertz CT molecular complexity index is 1280. The number of ether oxygens (including phenoxy) is 1. The highest BCUT2D eigenvalue weighted by atomic mass is 16.5. The van der Waals surface area contributed by atoms with Crippen LogP contribution in [0.25, 0.3) is 0 Å². The van der Waals surface area contributed by atoms with Gasteiger partial charge in [-0.05, 0) is 83.5 Å². The lowest BCUT2D eigenvalue weighted by molar-refractivity contribution is -0.143. The second kappa shape index (κ2) is 68.6. The van der Waals surface area contributed by atoms with E-state index in [2.05, 4.69) is 43.5 Å². The molecule has 1 amide bonds. The minimum atomic E-state index is -0.849. The molecule has 0 saturated heterocycles. The van der Waals surface area contributed by atoms with Crippen molar-refractivity contribution >= 4 is 11.9 Å². The number of amides is 1. The standard InChI is InChI=1S/C73H139NO5/c1-3-5-7-9-11-13-15-17-19-20-21-22-25-28-31-34-38-41-45-49-53-57-61-65-71(76)70(69-75)74-72(77)66-62-58-54-50-46-42-39-35-32-29-26-23-24-27-30-33-36-40-44-48-52-56-60-64-68-79-73(78)67-63-59-55-51-47-43-37-18-16-14-12-10-8-6-4-2/h18,26,29,37,61,65,70-71,75-76H,3-17,19-25,27-28,30-36,38-60,62-64,66-69H2,1-2H3,(H,74,77)/b29-26-,37-18-,65-61+. The molecule has 0 aliphatic carbocycles. The topological polar surface area (TPSA) is 95.9 Å². The molecule has 0 heterocycles. The molecule has 0 aliphatic heterocycles. The third-order valence-electron chi connectivity index (χ3n) is 16.6. The average molecular weight is 1110 g/mol. The number of carbonyl (C=O) groups is 2. The number of carbonyl (C=O) groups excluding carboxylic acids is 2. The lowest BCUT2D eigenvalue weighted by atomic mass is 10.0. The Morgan fingerprint density at radius 1 is 0.342 bits per heavy atom. The molecule has 0 aromatic heterocycles. The Labute approximate surface area is 494 Å². The van der Waals surface area contributed by atoms with Crippen molar-refractivity contribution in [1.29, 1.82) is 0 Å². The SMILES string of the molecule is CCCCCCCC/C=C\CCCCCCCC(=O)OCCCCCCCCCCCCCC/C=C\CCCCCCCCCCC(=O)NC(CO)C(O)/C=C/CCCCCCCCCCCCCCCCCCCCCCC. The van der Waals surface area contributed by atoms with E-state index in [1.165, 1.54) is 321 Å². The number of allylic oxidation sites excluding steroid dienone is 5. The molecule has 0 spiro atoms. The van der Waals surface area contributed by atoms with E-state index in [4.69, 9.17) is 4.74 Å². The Morgan fingerprint density at radius 2 is 0.595 bits per heavy atom. The summed E-state index contributed by atoms with van der Waals surface area (Å²) in [6.45, 7) is 4.93. The van der Waals surface area contributed by atoms with Crippen molar-refractivity contribution in [2.24, 2.45) is 0 Å². The van der Waals surface area contributed by atoms with Gasteiger partial charge in [-0.1, -0.05) is 333 Å². The van der Waals surface area contributed by atoms with Crippen molar-refractivity contribution in [3.8, 4) is 0 Å². The average Bonchev–Trinajstić information content (AvgIpc) is 3.45. The first-order chi connectivity index (χ1) is 39.0. The summed E-state index contributed by atoms with van der Waals surface area (Å²) in [7, 11) is 0. The largest absolute Gasteiger partial charge is 0.466 e. The highest BCUT2D eigenvalue weighted by Gasteiger charge is 2.18. The summed E-state index contributed by atoms with van der Waals surface area (Å²) >= 11 is 0.